The number of rotatable bonds is 5. The number of hydrogen-bond acceptors (Lipinski definition) is 3. The minimum atomic E-state index is -0.735. The number of oxime groups is 1. The van der Waals surface area contributed by atoms with E-state index in [1.165, 1.54) is 32.1 Å². The third kappa shape index (κ3) is 3.01. The minimum Gasteiger partial charge on any atom is -0.409 e. The fraction of sp³-hybridized carbons (Fsp3) is 0.857. The lowest BCUT2D eigenvalue weighted by atomic mass is 9.67. The van der Waals surface area contributed by atoms with Gasteiger partial charge in [-0.1, -0.05) is 43.7 Å². The topological polar surface area (TPSA) is 87.7 Å². The molecule has 1 amide bonds. The van der Waals surface area contributed by atoms with E-state index in [0.29, 0.717) is 19.4 Å². The maximum atomic E-state index is 12.2. The van der Waals surface area contributed by atoms with Crippen LogP contribution in [0.1, 0.15) is 57.8 Å². The molecule has 0 bridgehead atoms. The van der Waals surface area contributed by atoms with Crippen molar-refractivity contribution in [2.45, 2.75) is 57.8 Å². The van der Waals surface area contributed by atoms with E-state index < -0.39 is 5.41 Å². The molecule has 5 heteroatoms. The summed E-state index contributed by atoms with van der Waals surface area (Å²) in [5.41, 5.74) is 4.93. The van der Waals surface area contributed by atoms with Crippen LogP contribution in [0.15, 0.2) is 5.16 Å². The van der Waals surface area contributed by atoms with Gasteiger partial charge in [0.15, 0.2) is 5.84 Å². The first-order valence-electron chi connectivity index (χ1n) is 7.45. The van der Waals surface area contributed by atoms with E-state index in [4.69, 9.17) is 10.9 Å². The highest BCUT2D eigenvalue weighted by Gasteiger charge is 2.48. The predicted molar refractivity (Wildman–Crippen MR) is 73.9 cm³/mol. The summed E-state index contributed by atoms with van der Waals surface area (Å²) in [5, 5.41) is 14.8. The molecule has 2 aliphatic carbocycles. The normalized spacial score (nSPS) is 23.7. The zero-order chi connectivity index (χ0) is 13.7. The summed E-state index contributed by atoms with van der Waals surface area (Å²) in [6.45, 7) is 0.712. The molecule has 0 aromatic carbocycles. The second-order valence-electron chi connectivity index (χ2n) is 5.97. The molecule has 4 N–H and O–H groups in total. The second kappa shape index (κ2) is 6.26. The molecule has 0 aliphatic heterocycles. The molecular formula is C14H25N3O2. The lowest BCUT2D eigenvalue weighted by Crippen LogP contribution is -2.54. The van der Waals surface area contributed by atoms with E-state index in [-0.39, 0.29) is 11.7 Å². The van der Waals surface area contributed by atoms with Crippen LogP contribution in [-0.4, -0.2) is 23.5 Å². The van der Waals surface area contributed by atoms with Gasteiger partial charge in [0, 0.05) is 6.54 Å². The Kier molecular flexibility index (Phi) is 4.66. The van der Waals surface area contributed by atoms with Crippen molar-refractivity contribution in [2.24, 2.45) is 22.2 Å². The maximum absolute atomic E-state index is 12.2. The molecule has 0 radical (unpaired) electrons. The molecule has 0 spiro atoms. The summed E-state index contributed by atoms with van der Waals surface area (Å²) >= 11 is 0. The largest absolute Gasteiger partial charge is 0.409 e. The molecule has 2 fully saturated rings. The van der Waals surface area contributed by atoms with E-state index in [1.807, 2.05) is 0 Å². The van der Waals surface area contributed by atoms with E-state index >= 15 is 0 Å². The number of hydrogen-bond donors (Lipinski definition) is 3. The third-order valence-corrected chi connectivity index (χ3v) is 4.80. The van der Waals surface area contributed by atoms with Crippen LogP contribution < -0.4 is 11.1 Å². The van der Waals surface area contributed by atoms with Gasteiger partial charge < -0.3 is 16.3 Å². The van der Waals surface area contributed by atoms with Crippen molar-refractivity contribution in [3.63, 3.8) is 0 Å². The molecule has 2 saturated carbocycles. The summed E-state index contributed by atoms with van der Waals surface area (Å²) in [5.74, 6) is 0.758. The van der Waals surface area contributed by atoms with Crippen LogP contribution in [0.4, 0.5) is 0 Å². The Hall–Kier alpha value is -1.26. The monoisotopic (exact) mass is 267 g/mol. The molecule has 0 aromatic heterocycles. The molecule has 19 heavy (non-hydrogen) atoms. The zero-order valence-electron chi connectivity index (χ0n) is 11.5. The fourth-order valence-electron chi connectivity index (χ4n) is 3.26. The summed E-state index contributed by atoms with van der Waals surface area (Å²) in [4.78, 5) is 12.2. The van der Waals surface area contributed by atoms with Gasteiger partial charge in [0.1, 0.15) is 5.41 Å². The predicted octanol–water partition coefficient (Wildman–Crippen LogP) is 1.99. The number of nitrogens with one attached hydrogen (secondary N) is 1. The van der Waals surface area contributed by atoms with Gasteiger partial charge in [-0.3, -0.25) is 4.79 Å². The Morgan fingerprint density at radius 3 is 2.47 bits per heavy atom. The molecular weight excluding hydrogens is 242 g/mol. The van der Waals surface area contributed by atoms with Crippen molar-refractivity contribution in [3.8, 4) is 0 Å². The molecule has 0 heterocycles. The first kappa shape index (κ1) is 14.2. The lowest BCUT2D eigenvalue weighted by Gasteiger charge is -2.38. The van der Waals surface area contributed by atoms with Crippen molar-refractivity contribution in [2.75, 3.05) is 6.54 Å². The van der Waals surface area contributed by atoms with E-state index in [1.54, 1.807) is 0 Å². The average molecular weight is 267 g/mol. The van der Waals surface area contributed by atoms with Crippen molar-refractivity contribution in [1.29, 1.82) is 0 Å². The quantitative estimate of drug-likeness (QED) is 0.308. The van der Waals surface area contributed by atoms with Crippen molar-refractivity contribution >= 4 is 11.7 Å². The lowest BCUT2D eigenvalue weighted by molar-refractivity contribution is -0.131. The first-order valence-corrected chi connectivity index (χ1v) is 7.45. The Balaban J connectivity index is 1.77. The first-order chi connectivity index (χ1) is 9.19. The highest BCUT2D eigenvalue weighted by atomic mass is 16.4. The molecule has 108 valence electrons. The van der Waals surface area contributed by atoms with Crippen LogP contribution in [-0.2, 0) is 4.79 Å². The van der Waals surface area contributed by atoms with Gasteiger partial charge in [-0.25, -0.2) is 0 Å². The standard InChI is InChI=1S/C14H25N3O2/c15-12(17-19)14(8-4-9-14)13(18)16-10-7-11-5-2-1-3-6-11/h11,19H,1-10H2,(H2,15,17)(H,16,18). The highest BCUT2D eigenvalue weighted by Crippen LogP contribution is 2.41. The highest BCUT2D eigenvalue weighted by molar-refractivity contribution is 6.07. The molecule has 2 rings (SSSR count). The van der Waals surface area contributed by atoms with E-state index in [9.17, 15) is 4.79 Å². The van der Waals surface area contributed by atoms with Crippen LogP contribution in [0, 0.1) is 11.3 Å². The van der Waals surface area contributed by atoms with Crippen LogP contribution in [0.2, 0.25) is 0 Å². The van der Waals surface area contributed by atoms with E-state index in [2.05, 4.69) is 10.5 Å². The average Bonchev–Trinajstić information content (AvgIpc) is 2.38. The van der Waals surface area contributed by atoms with Gasteiger partial charge in [-0.2, -0.15) is 0 Å². The molecule has 2 aliphatic rings. The summed E-state index contributed by atoms with van der Waals surface area (Å²) in [6, 6.07) is 0. The Morgan fingerprint density at radius 1 is 1.26 bits per heavy atom. The van der Waals surface area contributed by atoms with Crippen LogP contribution in [0.25, 0.3) is 0 Å². The number of amides is 1. The zero-order valence-corrected chi connectivity index (χ0v) is 11.5. The summed E-state index contributed by atoms with van der Waals surface area (Å²) < 4.78 is 0. The van der Waals surface area contributed by atoms with Gasteiger partial charge in [-0.15, -0.1) is 0 Å². The number of carbonyl (C=O) groups excluding carboxylic acids is 1. The number of nitrogens with zero attached hydrogens (tertiary/aromatic N) is 1. The van der Waals surface area contributed by atoms with Gasteiger partial charge in [0.25, 0.3) is 0 Å². The summed E-state index contributed by atoms with van der Waals surface area (Å²) in [7, 11) is 0. The van der Waals surface area contributed by atoms with Crippen molar-refractivity contribution in [3.05, 3.63) is 0 Å². The molecule has 0 saturated heterocycles. The molecule has 0 aromatic rings. The van der Waals surface area contributed by atoms with Gasteiger partial charge >= 0.3 is 0 Å². The SMILES string of the molecule is NC(=NO)C1(C(=O)NCCC2CCCCC2)CCC1. The maximum Gasteiger partial charge on any atom is 0.233 e. The molecule has 0 atom stereocenters. The van der Waals surface area contributed by atoms with Crippen molar-refractivity contribution in [1.82, 2.24) is 5.32 Å². The van der Waals surface area contributed by atoms with Crippen LogP contribution in [0.3, 0.4) is 0 Å². The second-order valence-corrected chi connectivity index (χ2v) is 5.97. The Bertz CT molecular complexity index is 345. The van der Waals surface area contributed by atoms with Crippen molar-refractivity contribution < 1.29 is 10.0 Å². The van der Waals surface area contributed by atoms with Crippen LogP contribution >= 0.6 is 0 Å². The van der Waals surface area contributed by atoms with Crippen LogP contribution in [0.5, 0.6) is 0 Å². The van der Waals surface area contributed by atoms with E-state index in [0.717, 1.165) is 18.8 Å². The Morgan fingerprint density at radius 2 is 1.95 bits per heavy atom. The third-order valence-electron chi connectivity index (χ3n) is 4.80. The smallest absolute Gasteiger partial charge is 0.233 e. The number of amidine groups is 1. The van der Waals surface area contributed by atoms with Gasteiger partial charge in [-0.05, 0) is 25.2 Å². The summed E-state index contributed by atoms with van der Waals surface area (Å²) in [6.07, 6.45) is 10.00. The molecule has 0 unspecified atom stereocenters. The molecule has 5 nitrogen and oxygen atoms in total. The van der Waals surface area contributed by atoms with Gasteiger partial charge in [0.05, 0.1) is 0 Å². The number of carbonyl (C=O) groups is 1. The van der Waals surface area contributed by atoms with Gasteiger partial charge in [0.2, 0.25) is 5.91 Å². The Labute approximate surface area is 114 Å². The number of nitrogens with two attached hydrogens (primary N) is 1. The fourth-order valence-corrected chi connectivity index (χ4v) is 3.26. The minimum absolute atomic E-state index is 0.0638.